The van der Waals surface area contributed by atoms with Gasteiger partial charge in [-0.25, -0.2) is 18.6 Å². The maximum atomic E-state index is 14.2. The van der Waals surface area contributed by atoms with Crippen LogP contribution in [0.15, 0.2) is 59.5 Å². The van der Waals surface area contributed by atoms with Gasteiger partial charge < -0.3 is 4.98 Å². The van der Waals surface area contributed by atoms with Gasteiger partial charge in [-0.2, -0.15) is 0 Å². The van der Waals surface area contributed by atoms with Crippen LogP contribution in [0.4, 0.5) is 8.78 Å². The maximum absolute atomic E-state index is 14.2. The Kier molecular flexibility index (Phi) is 4.24. The smallest absolute Gasteiger partial charge is 0.310 e. The van der Waals surface area contributed by atoms with Crippen molar-refractivity contribution in [3.63, 3.8) is 0 Å². The van der Waals surface area contributed by atoms with E-state index >= 15 is 0 Å². The fraction of sp³-hybridized carbons (Fsp3) is 0.182. The predicted molar refractivity (Wildman–Crippen MR) is 105 cm³/mol. The molecule has 1 aliphatic rings. The highest BCUT2D eigenvalue weighted by Crippen LogP contribution is 2.26. The molecule has 0 unspecified atom stereocenters. The molecular formula is C22H18F2N4O. The van der Waals surface area contributed by atoms with Gasteiger partial charge in [0, 0.05) is 55.1 Å². The molecule has 7 heteroatoms. The fourth-order valence-electron chi connectivity index (χ4n) is 3.90. The van der Waals surface area contributed by atoms with Crippen LogP contribution in [0, 0.1) is 11.6 Å². The van der Waals surface area contributed by atoms with Crippen LogP contribution in [-0.4, -0.2) is 25.8 Å². The van der Waals surface area contributed by atoms with Crippen LogP contribution in [0.25, 0.3) is 16.9 Å². The van der Waals surface area contributed by atoms with E-state index in [1.807, 2.05) is 18.2 Å². The van der Waals surface area contributed by atoms with E-state index in [-0.39, 0.29) is 11.3 Å². The van der Waals surface area contributed by atoms with Crippen molar-refractivity contribution in [2.45, 2.75) is 19.5 Å². The van der Waals surface area contributed by atoms with Crippen LogP contribution in [0.1, 0.15) is 16.8 Å². The van der Waals surface area contributed by atoms with Gasteiger partial charge in [-0.15, -0.1) is 0 Å². The molecule has 0 aliphatic carbocycles. The third-order valence-corrected chi connectivity index (χ3v) is 5.33. The molecule has 0 spiro atoms. The third kappa shape index (κ3) is 3.23. The van der Waals surface area contributed by atoms with Crippen molar-refractivity contribution in [3.8, 4) is 11.3 Å². The molecule has 5 nitrogen and oxygen atoms in total. The summed E-state index contributed by atoms with van der Waals surface area (Å²) in [5.74, 6) is -1.36. The molecule has 2 aromatic carbocycles. The van der Waals surface area contributed by atoms with Gasteiger partial charge >= 0.3 is 5.69 Å². The van der Waals surface area contributed by atoms with Gasteiger partial charge in [0.25, 0.3) is 0 Å². The Morgan fingerprint density at radius 2 is 1.93 bits per heavy atom. The minimum absolute atomic E-state index is 0.167. The largest absolute Gasteiger partial charge is 0.331 e. The van der Waals surface area contributed by atoms with Crippen molar-refractivity contribution >= 4 is 5.65 Å². The number of hydrogen-bond acceptors (Lipinski definition) is 3. The standard InChI is InChI=1S/C22H18F2N4O/c23-15-6-7-16(18(24)10-15)20-13-28-21(25-20)17-12-27(9-8-19(17)26-22(28)29)11-14-4-2-1-3-5-14/h1-7,10,13H,8-9,11-12H2,(H,26,29). The minimum atomic E-state index is -0.704. The average Bonchev–Trinajstić information content (AvgIpc) is 3.15. The summed E-state index contributed by atoms with van der Waals surface area (Å²) < 4.78 is 28.9. The molecule has 0 saturated carbocycles. The van der Waals surface area contributed by atoms with Crippen LogP contribution in [0.5, 0.6) is 0 Å². The zero-order valence-electron chi connectivity index (χ0n) is 15.5. The number of rotatable bonds is 3. The molecule has 0 radical (unpaired) electrons. The number of H-pyrrole nitrogens is 1. The molecule has 0 fully saturated rings. The number of nitrogens with zero attached hydrogens (tertiary/aromatic N) is 3. The zero-order valence-corrected chi connectivity index (χ0v) is 15.5. The molecule has 3 heterocycles. The Bertz CT molecular complexity index is 1260. The van der Waals surface area contributed by atoms with Crippen LogP contribution in [-0.2, 0) is 19.5 Å². The van der Waals surface area contributed by atoms with Crippen molar-refractivity contribution in [1.29, 1.82) is 0 Å². The molecule has 5 rings (SSSR count). The lowest BCUT2D eigenvalue weighted by atomic mass is 10.1. The third-order valence-electron chi connectivity index (χ3n) is 5.33. The number of benzene rings is 2. The maximum Gasteiger partial charge on any atom is 0.331 e. The lowest BCUT2D eigenvalue weighted by Crippen LogP contribution is -2.33. The highest BCUT2D eigenvalue weighted by atomic mass is 19.1. The van der Waals surface area contributed by atoms with Crippen molar-refractivity contribution in [2.75, 3.05) is 6.54 Å². The summed E-state index contributed by atoms with van der Waals surface area (Å²) in [5.41, 5.74) is 3.69. The van der Waals surface area contributed by atoms with Crippen molar-refractivity contribution in [1.82, 2.24) is 19.3 Å². The normalized spacial score (nSPS) is 14.3. The molecule has 29 heavy (non-hydrogen) atoms. The Labute approximate surface area is 165 Å². The van der Waals surface area contributed by atoms with Gasteiger partial charge in [-0.3, -0.25) is 9.30 Å². The number of fused-ring (bicyclic) bond motifs is 3. The number of aromatic amines is 1. The van der Waals surface area contributed by atoms with Gasteiger partial charge in [-0.05, 0) is 17.7 Å². The van der Waals surface area contributed by atoms with E-state index in [4.69, 9.17) is 0 Å². The van der Waals surface area contributed by atoms with E-state index in [9.17, 15) is 13.6 Å². The lowest BCUT2D eigenvalue weighted by Gasteiger charge is -2.28. The van der Waals surface area contributed by atoms with Gasteiger partial charge in [0.2, 0.25) is 0 Å². The fourth-order valence-corrected chi connectivity index (χ4v) is 3.90. The first-order valence-corrected chi connectivity index (χ1v) is 9.43. The first-order chi connectivity index (χ1) is 14.1. The monoisotopic (exact) mass is 392 g/mol. The Morgan fingerprint density at radius 1 is 1.10 bits per heavy atom. The summed E-state index contributed by atoms with van der Waals surface area (Å²) in [4.78, 5) is 22.3. The second-order valence-electron chi connectivity index (χ2n) is 7.28. The van der Waals surface area contributed by atoms with E-state index in [1.54, 1.807) is 0 Å². The molecule has 0 bridgehead atoms. The molecule has 0 amide bonds. The van der Waals surface area contributed by atoms with E-state index in [2.05, 4.69) is 27.0 Å². The number of imidazole rings is 1. The highest BCUT2D eigenvalue weighted by molar-refractivity contribution is 5.65. The first kappa shape index (κ1) is 17.8. The SMILES string of the molecule is O=c1[nH]c2c(c3nc(-c4ccc(F)cc4F)cn13)CN(Cc1ccccc1)CC2. The second-order valence-corrected chi connectivity index (χ2v) is 7.28. The van der Waals surface area contributed by atoms with E-state index in [0.29, 0.717) is 24.3 Å². The Balaban J connectivity index is 1.56. The van der Waals surface area contributed by atoms with Crippen molar-refractivity contribution in [3.05, 3.63) is 93.7 Å². The van der Waals surface area contributed by atoms with Crippen LogP contribution < -0.4 is 5.69 Å². The summed E-state index contributed by atoms with van der Waals surface area (Å²) in [7, 11) is 0. The lowest BCUT2D eigenvalue weighted by molar-refractivity contribution is 0.243. The molecule has 4 aromatic rings. The van der Waals surface area contributed by atoms with Crippen LogP contribution in [0.2, 0.25) is 0 Å². The minimum Gasteiger partial charge on any atom is -0.310 e. The Hall–Kier alpha value is -3.32. The van der Waals surface area contributed by atoms with Gasteiger partial charge in [0.05, 0.1) is 5.69 Å². The van der Waals surface area contributed by atoms with Crippen LogP contribution >= 0.6 is 0 Å². The van der Waals surface area contributed by atoms with Crippen molar-refractivity contribution in [2.24, 2.45) is 0 Å². The number of nitrogens with one attached hydrogen (secondary N) is 1. The molecular weight excluding hydrogens is 374 g/mol. The highest BCUT2D eigenvalue weighted by Gasteiger charge is 2.23. The second kappa shape index (κ2) is 6.93. The van der Waals surface area contributed by atoms with Crippen molar-refractivity contribution < 1.29 is 8.78 Å². The summed E-state index contributed by atoms with van der Waals surface area (Å²) in [6.45, 7) is 2.26. The molecule has 2 aromatic heterocycles. The molecule has 0 atom stereocenters. The average molecular weight is 392 g/mol. The summed E-state index contributed by atoms with van der Waals surface area (Å²) in [5, 5.41) is 0. The zero-order chi connectivity index (χ0) is 20.0. The van der Waals surface area contributed by atoms with Gasteiger partial charge in [0.15, 0.2) is 0 Å². The molecule has 1 N–H and O–H groups in total. The van der Waals surface area contributed by atoms with Crippen LogP contribution in [0.3, 0.4) is 0 Å². The number of hydrogen-bond donors (Lipinski definition) is 1. The quantitative estimate of drug-likeness (QED) is 0.580. The summed E-state index contributed by atoms with van der Waals surface area (Å²) >= 11 is 0. The summed E-state index contributed by atoms with van der Waals surface area (Å²) in [6, 6.07) is 13.5. The van der Waals surface area contributed by atoms with Gasteiger partial charge in [-0.1, -0.05) is 30.3 Å². The molecule has 146 valence electrons. The summed E-state index contributed by atoms with van der Waals surface area (Å²) in [6.07, 6.45) is 2.21. The van der Waals surface area contributed by atoms with E-state index in [1.165, 1.54) is 28.3 Å². The topological polar surface area (TPSA) is 53.4 Å². The molecule has 1 aliphatic heterocycles. The predicted octanol–water partition coefficient (Wildman–Crippen LogP) is 3.53. The number of halogens is 2. The van der Waals surface area contributed by atoms with E-state index < -0.39 is 11.6 Å². The Morgan fingerprint density at radius 3 is 2.72 bits per heavy atom. The first-order valence-electron chi connectivity index (χ1n) is 9.43. The van der Waals surface area contributed by atoms with Gasteiger partial charge in [0.1, 0.15) is 17.3 Å². The van der Waals surface area contributed by atoms with E-state index in [0.717, 1.165) is 30.4 Å². The molecule has 0 saturated heterocycles. The number of aromatic nitrogens is 3.